The van der Waals surface area contributed by atoms with E-state index in [2.05, 4.69) is 32.3 Å². The number of methoxy groups -OCH3 is 1. The minimum Gasteiger partial charge on any atom is -0.497 e. The molecule has 0 bridgehead atoms. The zero-order valence-electron chi connectivity index (χ0n) is 17.7. The Morgan fingerprint density at radius 2 is 2.17 bits per heavy atom. The summed E-state index contributed by atoms with van der Waals surface area (Å²) in [5.74, 6) is 2.18. The molecule has 2 saturated heterocycles. The minimum atomic E-state index is 0.0536. The Morgan fingerprint density at radius 3 is 2.97 bits per heavy atom. The van der Waals surface area contributed by atoms with E-state index in [9.17, 15) is 4.79 Å². The lowest BCUT2D eigenvalue weighted by Gasteiger charge is -2.32. The molecule has 2 fully saturated rings. The Labute approximate surface area is 177 Å². The van der Waals surface area contributed by atoms with Gasteiger partial charge in [0.25, 0.3) is 0 Å². The highest BCUT2D eigenvalue weighted by molar-refractivity contribution is 5.76. The normalized spacial score (nSPS) is 23.7. The van der Waals surface area contributed by atoms with Crippen LogP contribution in [0.1, 0.15) is 23.4 Å². The molecule has 0 saturated carbocycles. The SMILES string of the molecule is COc1cccc(CN2C[C@@H]3COC[C@@H](CC(=O)NCc4cnc(C)cn4)[C@@H]3C2)c1. The summed E-state index contributed by atoms with van der Waals surface area (Å²) < 4.78 is 11.2. The number of likely N-dealkylation sites (tertiary alicyclic amines) is 1. The topological polar surface area (TPSA) is 76.6 Å². The summed E-state index contributed by atoms with van der Waals surface area (Å²) in [6, 6.07) is 8.24. The molecule has 0 unspecified atom stereocenters. The molecule has 4 rings (SSSR count). The van der Waals surface area contributed by atoms with Crippen LogP contribution in [0, 0.1) is 24.7 Å². The van der Waals surface area contributed by atoms with Crippen LogP contribution in [-0.2, 0) is 22.6 Å². The van der Waals surface area contributed by atoms with Crippen LogP contribution >= 0.6 is 0 Å². The molecule has 1 N–H and O–H groups in total. The summed E-state index contributed by atoms with van der Waals surface area (Å²) in [6.45, 7) is 6.67. The number of aryl methyl sites for hydroxylation is 1. The van der Waals surface area contributed by atoms with E-state index >= 15 is 0 Å². The number of hydrogen-bond acceptors (Lipinski definition) is 6. The molecule has 0 spiro atoms. The van der Waals surface area contributed by atoms with Crippen molar-refractivity contribution in [1.29, 1.82) is 0 Å². The smallest absolute Gasteiger partial charge is 0.220 e. The highest BCUT2D eigenvalue weighted by Gasteiger charge is 2.41. The van der Waals surface area contributed by atoms with Gasteiger partial charge in [-0.05, 0) is 42.4 Å². The molecular formula is C23H30N4O3. The van der Waals surface area contributed by atoms with Gasteiger partial charge >= 0.3 is 0 Å². The molecule has 2 aliphatic rings. The second-order valence-corrected chi connectivity index (χ2v) is 8.40. The van der Waals surface area contributed by atoms with Crippen molar-refractivity contribution >= 4 is 5.91 Å². The van der Waals surface area contributed by atoms with Gasteiger partial charge in [0, 0.05) is 32.3 Å². The van der Waals surface area contributed by atoms with Gasteiger partial charge in [-0.25, -0.2) is 0 Å². The molecule has 1 aromatic carbocycles. The number of nitrogens with zero attached hydrogens (tertiary/aromatic N) is 3. The highest BCUT2D eigenvalue weighted by Crippen LogP contribution is 2.36. The standard InChI is InChI=1S/C23H30N4O3/c1-16-8-25-20(9-24-16)10-26-23(28)7-18-14-30-15-19-12-27(13-22(18)19)11-17-4-3-5-21(6-17)29-2/h3-6,8-9,18-19,22H,7,10-15H2,1-2H3,(H,26,28)/t18-,19-,22+/m1/s1. The molecule has 2 aromatic rings. The largest absolute Gasteiger partial charge is 0.497 e. The Morgan fingerprint density at radius 1 is 1.27 bits per heavy atom. The molecule has 0 aliphatic carbocycles. The number of aromatic nitrogens is 2. The van der Waals surface area contributed by atoms with E-state index in [0.717, 1.165) is 43.4 Å². The van der Waals surface area contributed by atoms with Gasteiger partial charge in [0.15, 0.2) is 0 Å². The van der Waals surface area contributed by atoms with Gasteiger partial charge in [-0.1, -0.05) is 12.1 Å². The fourth-order valence-electron chi connectivity index (χ4n) is 4.57. The Bertz CT molecular complexity index is 858. The van der Waals surface area contributed by atoms with Gasteiger partial charge < -0.3 is 14.8 Å². The number of benzene rings is 1. The first-order valence-corrected chi connectivity index (χ1v) is 10.6. The fraction of sp³-hybridized carbons (Fsp3) is 0.522. The summed E-state index contributed by atoms with van der Waals surface area (Å²) in [5, 5.41) is 2.98. The molecule has 160 valence electrons. The van der Waals surface area contributed by atoms with Crippen LogP contribution in [0.25, 0.3) is 0 Å². The van der Waals surface area contributed by atoms with Crippen LogP contribution in [0.2, 0.25) is 0 Å². The number of amides is 1. The number of nitrogens with one attached hydrogen (secondary N) is 1. The van der Waals surface area contributed by atoms with Crippen molar-refractivity contribution in [3.63, 3.8) is 0 Å². The van der Waals surface area contributed by atoms with Gasteiger partial charge in [0.05, 0.1) is 44.5 Å². The van der Waals surface area contributed by atoms with Crippen molar-refractivity contribution in [3.8, 4) is 5.75 Å². The van der Waals surface area contributed by atoms with E-state index < -0.39 is 0 Å². The summed E-state index contributed by atoms with van der Waals surface area (Å²) in [5.41, 5.74) is 2.90. The quantitative estimate of drug-likeness (QED) is 0.754. The lowest BCUT2D eigenvalue weighted by atomic mass is 9.81. The number of carbonyl (C=O) groups is 1. The second kappa shape index (κ2) is 9.53. The van der Waals surface area contributed by atoms with Crippen LogP contribution in [0.5, 0.6) is 5.75 Å². The maximum Gasteiger partial charge on any atom is 0.220 e. The van der Waals surface area contributed by atoms with E-state index in [1.165, 1.54) is 5.56 Å². The summed E-state index contributed by atoms with van der Waals surface area (Å²) in [6.07, 6.45) is 3.92. The monoisotopic (exact) mass is 410 g/mol. The van der Waals surface area contributed by atoms with Crippen molar-refractivity contribution < 1.29 is 14.3 Å². The number of ether oxygens (including phenoxy) is 2. The third-order valence-corrected chi connectivity index (χ3v) is 6.13. The molecule has 30 heavy (non-hydrogen) atoms. The zero-order chi connectivity index (χ0) is 20.9. The number of fused-ring (bicyclic) bond motifs is 1. The first-order valence-electron chi connectivity index (χ1n) is 10.6. The van der Waals surface area contributed by atoms with Crippen molar-refractivity contribution in [2.75, 3.05) is 33.4 Å². The molecule has 1 amide bonds. The van der Waals surface area contributed by atoms with Crippen LogP contribution in [0.15, 0.2) is 36.7 Å². The van der Waals surface area contributed by atoms with Crippen LogP contribution in [0.3, 0.4) is 0 Å². The van der Waals surface area contributed by atoms with Crippen LogP contribution in [0.4, 0.5) is 0 Å². The number of carbonyl (C=O) groups excluding carboxylic acids is 1. The molecule has 3 atom stereocenters. The minimum absolute atomic E-state index is 0.0536. The zero-order valence-corrected chi connectivity index (χ0v) is 17.7. The molecule has 7 nitrogen and oxygen atoms in total. The number of rotatable bonds is 7. The van der Waals surface area contributed by atoms with E-state index in [-0.39, 0.29) is 11.8 Å². The molecule has 7 heteroatoms. The van der Waals surface area contributed by atoms with E-state index in [4.69, 9.17) is 9.47 Å². The predicted octanol–water partition coefficient (Wildman–Crippen LogP) is 2.19. The molecule has 2 aliphatic heterocycles. The van der Waals surface area contributed by atoms with Gasteiger partial charge in [-0.2, -0.15) is 0 Å². The van der Waals surface area contributed by atoms with Gasteiger partial charge in [-0.3, -0.25) is 19.7 Å². The van der Waals surface area contributed by atoms with Gasteiger partial charge in [0.1, 0.15) is 5.75 Å². The molecule has 3 heterocycles. The third-order valence-electron chi connectivity index (χ3n) is 6.13. The lowest BCUT2D eigenvalue weighted by Crippen LogP contribution is -2.38. The average Bonchev–Trinajstić information content (AvgIpc) is 3.17. The first kappa shape index (κ1) is 20.8. The number of hydrogen-bond donors (Lipinski definition) is 1. The summed E-state index contributed by atoms with van der Waals surface area (Å²) in [7, 11) is 1.70. The second-order valence-electron chi connectivity index (χ2n) is 8.40. The van der Waals surface area contributed by atoms with Crippen LogP contribution in [-0.4, -0.2) is 54.2 Å². The fourth-order valence-corrected chi connectivity index (χ4v) is 4.57. The van der Waals surface area contributed by atoms with Gasteiger partial charge in [-0.15, -0.1) is 0 Å². The van der Waals surface area contributed by atoms with Crippen molar-refractivity contribution in [2.45, 2.75) is 26.4 Å². The average molecular weight is 411 g/mol. The van der Waals surface area contributed by atoms with Crippen molar-refractivity contribution in [1.82, 2.24) is 20.2 Å². The summed E-state index contributed by atoms with van der Waals surface area (Å²) in [4.78, 5) is 23.5. The van der Waals surface area contributed by atoms with E-state index in [1.54, 1.807) is 19.5 Å². The lowest BCUT2D eigenvalue weighted by molar-refractivity contribution is -0.124. The molecular weight excluding hydrogens is 380 g/mol. The predicted molar refractivity (Wildman–Crippen MR) is 113 cm³/mol. The van der Waals surface area contributed by atoms with Crippen molar-refractivity contribution in [2.24, 2.45) is 17.8 Å². The van der Waals surface area contributed by atoms with E-state index in [0.29, 0.717) is 31.4 Å². The van der Waals surface area contributed by atoms with Crippen molar-refractivity contribution in [3.05, 3.63) is 53.6 Å². The molecule has 1 aromatic heterocycles. The summed E-state index contributed by atoms with van der Waals surface area (Å²) >= 11 is 0. The molecule has 0 radical (unpaired) electrons. The Kier molecular flexibility index (Phi) is 6.59. The van der Waals surface area contributed by atoms with Crippen LogP contribution < -0.4 is 10.1 Å². The van der Waals surface area contributed by atoms with E-state index in [1.807, 2.05) is 19.1 Å². The maximum absolute atomic E-state index is 12.5. The maximum atomic E-state index is 12.5. The van der Waals surface area contributed by atoms with Gasteiger partial charge in [0.2, 0.25) is 5.91 Å². The Hall–Kier alpha value is -2.51. The first-order chi connectivity index (χ1) is 14.6. The highest BCUT2D eigenvalue weighted by atomic mass is 16.5. The Balaban J connectivity index is 1.30. The third kappa shape index (κ3) is 5.15.